The Bertz CT molecular complexity index is 498. The van der Waals surface area contributed by atoms with Gasteiger partial charge in [0.15, 0.2) is 0 Å². The van der Waals surface area contributed by atoms with E-state index in [0.29, 0.717) is 6.04 Å². The number of sulfonamides is 1. The van der Waals surface area contributed by atoms with Gasteiger partial charge in [0.2, 0.25) is 10.0 Å². The van der Waals surface area contributed by atoms with E-state index in [-0.39, 0.29) is 4.90 Å². The summed E-state index contributed by atoms with van der Waals surface area (Å²) in [5, 5.41) is 8.53. The smallest absolute Gasteiger partial charge is 0.238 e. The van der Waals surface area contributed by atoms with Gasteiger partial charge in [-0.3, -0.25) is 0 Å². The van der Waals surface area contributed by atoms with Gasteiger partial charge in [-0.15, -0.1) is 0 Å². The topological polar surface area (TPSA) is 72.2 Å². The van der Waals surface area contributed by atoms with Crippen LogP contribution >= 0.6 is 0 Å². The first-order valence-corrected chi connectivity index (χ1v) is 7.83. The second-order valence-corrected chi connectivity index (χ2v) is 6.12. The maximum absolute atomic E-state index is 11.3. The fraction of sp³-hybridized carbons (Fsp3) is 0.538. The van der Waals surface area contributed by atoms with Crippen molar-refractivity contribution < 1.29 is 8.42 Å². The third-order valence-electron chi connectivity index (χ3n) is 3.03. The van der Waals surface area contributed by atoms with E-state index >= 15 is 0 Å². The van der Waals surface area contributed by atoms with Crippen LogP contribution in [0.2, 0.25) is 0 Å². The number of nitrogens with one attached hydrogen (secondary N) is 1. The molecule has 1 atom stereocenters. The molecular weight excluding hydrogens is 248 g/mol. The van der Waals surface area contributed by atoms with Crippen molar-refractivity contribution in [2.75, 3.05) is 5.32 Å². The van der Waals surface area contributed by atoms with Crippen molar-refractivity contribution in [1.29, 1.82) is 0 Å². The molecule has 1 aromatic rings. The Morgan fingerprint density at radius 2 is 2.00 bits per heavy atom. The summed E-state index contributed by atoms with van der Waals surface area (Å²) >= 11 is 0. The van der Waals surface area contributed by atoms with Gasteiger partial charge in [0.25, 0.3) is 0 Å². The molecule has 1 aromatic carbocycles. The zero-order valence-electron chi connectivity index (χ0n) is 11.2. The molecule has 0 aliphatic rings. The second kappa shape index (κ2) is 6.20. The van der Waals surface area contributed by atoms with Crippen LogP contribution in [0.25, 0.3) is 0 Å². The minimum atomic E-state index is -3.64. The lowest BCUT2D eigenvalue weighted by atomic mass is 10.1. The second-order valence-electron chi connectivity index (χ2n) is 4.56. The van der Waals surface area contributed by atoms with Crippen LogP contribution in [-0.2, 0) is 10.0 Å². The fourth-order valence-corrected chi connectivity index (χ4v) is 2.42. The maximum atomic E-state index is 11.3. The predicted molar refractivity (Wildman–Crippen MR) is 75.2 cm³/mol. The van der Waals surface area contributed by atoms with Crippen molar-refractivity contribution in [2.45, 2.75) is 51.0 Å². The standard InChI is InChI=1S/C13H22N2O2S/c1-4-6-11(5-2)15-13-9-12(18(14,16)17)8-7-10(13)3/h7-9,11,15H,4-6H2,1-3H3,(H2,14,16,17). The normalized spacial score (nSPS) is 13.3. The number of rotatable bonds is 6. The first kappa shape index (κ1) is 15.0. The average molecular weight is 270 g/mol. The highest BCUT2D eigenvalue weighted by Gasteiger charge is 2.12. The maximum Gasteiger partial charge on any atom is 0.238 e. The largest absolute Gasteiger partial charge is 0.382 e. The predicted octanol–water partition coefficient (Wildman–Crippen LogP) is 2.63. The van der Waals surface area contributed by atoms with E-state index in [1.165, 1.54) is 6.07 Å². The van der Waals surface area contributed by atoms with E-state index in [1.807, 2.05) is 6.92 Å². The molecule has 0 aliphatic carbocycles. The first-order chi connectivity index (χ1) is 8.38. The summed E-state index contributed by atoms with van der Waals surface area (Å²) < 4.78 is 22.7. The number of hydrogen-bond acceptors (Lipinski definition) is 3. The average Bonchev–Trinajstić information content (AvgIpc) is 2.29. The van der Waals surface area contributed by atoms with Gasteiger partial charge >= 0.3 is 0 Å². The number of nitrogens with two attached hydrogens (primary N) is 1. The van der Waals surface area contributed by atoms with Crippen LogP contribution in [0, 0.1) is 6.92 Å². The van der Waals surface area contributed by atoms with Crippen molar-refractivity contribution in [3.8, 4) is 0 Å². The molecule has 0 spiro atoms. The Hall–Kier alpha value is -1.07. The molecule has 18 heavy (non-hydrogen) atoms. The van der Waals surface area contributed by atoms with E-state index in [2.05, 4.69) is 19.2 Å². The zero-order chi connectivity index (χ0) is 13.8. The van der Waals surface area contributed by atoms with Crippen LogP contribution in [0.1, 0.15) is 38.7 Å². The minimum Gasteiger partial charge on any atom is -0.382 e. The summed E-state index contributed by atoms with van der Waals surface area (Å²) in [7, 11) is -3.64. The quantitative estimate of drug-likeness (QED) is 0.834. The molecule has 1 unspecified atom stereocenters. The molecule has 0 aliphatic heterocycles. The highest BCUT2D eigenvalue weighted by atomic mass is 32.2. The van der Waals surface area contributed by atoms with E-state index < -0.39 is 10.0 Å². The summed E-state index contributed by atoms with van der Waals surface area (Å²) in [5.74, 6) is 0. The molecule has 0 radical (unpaired) electrons. The Balaban J connectivity index is 3.01. The number of aryl methyl sites for hydroxylation is 1. The van der Waals surface area contributed by atoms with Crippen molar-refractivity contribution in [3.05, 3.63) is 23.8 Å². The van der Waals surface area contributed by atoms with Crippen LogP contribution in [0.5, 0.6) is 0 Å². The lowest BCUT2D eigenvalue weighted by molar-refractivity contribution is 0.597. The van der Waals surface area contributed by atoms with Gasteiger partial charge in [-0.05, 0) is 37.5 Å². The molecule has 0 amide bonds. The summed E-state index contributed by atoms with van der Waals surface area (Å²) in [6.07, 6.45) is 3.17. The molecule has 0 heterocycles. The van der Waals surface area contributed by atoms with Gasteiger partial charge in [0, 0.05) is 11.7 Å². The van der Waals surface area contributed by atoms with E-state index in [4.69, 9.17) is 5.14 Å². The van der Waals surface area contributed by atoms with Crippen molar-refractivity contribution in [2.24, 2.45) is 5.14 Å². The molecule has 3 N–H and O–H groups in total. The Morgan fingerprint density at radius 1 is 1.33 bits per heavy atom. The molecule has 102 valence electrons. The zero-order valence-corrected chi connectivity index (χ0v) is 12.0. The summed E-state index contributed by atoms with van der Waals surface area (Å²) in [4.78, 5) is 0.155. The molecule has 0 saturated heterocycles. The fourth-order valence-electron chi connectivity index (χ4n) is 1.88. The van der Waals surface area contributed by atoms with Crippen LogP contribution in [0.3, 0.4) is 0 Å². The Morgan fingerprint density at radius 3 is 2.50 bits per heavy atom. The van der Waals surface area contributed by atoms with Gasteiger partial charge < -0.3 is 5.32 Å². The molecule has 0 fully saturated rings. The minimum absolute atomic E-state index is 0.155. The third kappa shape index (κ3) is 3.99. The number of benzene rings is 1. The lowest BCUT2D eigenvalue weighted by Crippen LogP contribution is -2.19. The highest BCUT2D eigenvalue weighted by molar-refractivity contribution is 7.89. The molecule has 0 bridgehead atoms. The van der Waals surface area contributed by atoms with Crippen molar-refractivity contribution in [3.63, 3.8) is 0 Å². The SMILES string of the molecule is CCCC(CC)Nc1cc(S(N)(=O)=O)ccc1C. The number of anilines is 1. The summed E-state index contributed by atoms with van der Waals surface area (Å²) in [6, 6.07) is 5.30. The van der Waals surface area contributed by atoms with Crippen LogP contribution in [0.15, 0.2) is 23.1 Å². The van der Waals surface area contributed by atoms with Gasteiger partial charge in [-0.2, -0.15) is 0 Å². The Labute approximate surface area is 110 Å². The number of primary sulfonamides is 1. The van der Waals surface area contributed by atoms with Gasteiger partial charge in [0.05, 0.1) is 4.90 Å². The summed E-state index contributed by atoms with van der Waals surface area (Å²) in [6.45, 7) is 6.21. The van der Waals surface area contributed by atoms with Gasteiger partial charge in [-0.1, -0.05) is 26.3 Å². The first-order valence-electron chi connectivity index (χ1n) is 6.28. The number of hydrogen-bond donors (Lipinski definition) is 2. The van der Waals surface area contributed by atoms with Gasteiger partial charge in [0.1, 0.15) is 0 Å². The highest BCUT2D eigenvalue weighted by Crippen LogP contribution is 2.21. The van der Waals surface area contributed by atoms with Crippen molar-refractivity contribution >= 4 is 15.7 Å². The van der Waals surface area contributed by atoms with E-state index in [1.54, 1.807) is 12.1 Å². The molecule has 0 saturated carbocycles. The molecular formula is C13H22N2O2S. The monoisotopic (exact) mass is 270 g/mol. The van der Waals surface area contributed by atoms with Crippen LogP contribution in [0.4, 0.5) is 5.69 Å². The van der Waals surface area contributed by atoms with E-state index in [9.17, 15) is 8.42 Å². The third-order valence-corrected chi connectivity index (χ3v) is 3.94. The van der Waals surface area contributed by atoms with Gasteiger partial charge in [-0.25, -0.2) is 13.6 Å². The van der Waals surface area contributed by atoms with E-state index in [0.717, 1.165) is 30.5 Å². The lowest BCUT2D eigenvalue weighted by Gasteiger charge is -2.19. The van der Waals surface area contributed by atoms with Crippen LogP contribution < -0.4 is 10.5 Å². The molecule has 4 nitrogen and oxygen atoms in total. The summed E-state index contributed by atoms with van der Waals surface area (Å²) in [5.41, 5.74) is 1.87. The van der Waals surface area contributed by atoms with Crippen LogP contribution in [-0.4, -0.2) is 14.5 Å². The van der Waals surface area contributed by atoms with Crippen molar-refractivity contribution in [1.82, 2.24) is 0 Å². The molecule has 1 rings (SSSR count). The Kier molecular flexibility index (Phi) is 5.16. The molecule has 0 aromatic heterocycles. The molecule has 5 heteroatoms.